The van der Waals surface area contributed by atoms with Gasteiger partial charge in [0.15, 0.2) is 0 Å². The predicted molar refractivity (Wildman–Crippen MR) is 94.5 cm³/mol. The van der Waals surface area contributed by atoms with E-state index in [0.29, 0.717) is 12.5 Å². The molecule has 23 heavy (non-hydrogen) atoms. The normalized spacial score (nSPS) is 14.3. The average molecular weight is 327 g/mol. The highest BCUT2D eigenvalue weighted by Crippen LogP contribution is 2.41. The van der Waals surface area contributed by atoms with Gasteiger partial charge in [-0.05, 0) is 50.2 Å². The van der Waals surface area contributed by atoms with Crippen LogP contribution in [0.15, 0.2) is 6.33 Å². The summed E-state index contributed by atoms with van der Waals surface area (Å²) in [6.07, 6.45) is 8.67. The van der Waals surface area contributed by atoms with Crippen LogP contribution in [0.1, 0.15) is 49.9 Å². The summed E-state index contributed by atoms with van der Waals surface area (Å²) in [5, 5.41) is 1.25. The number of pyridine rings is 1. The Balaban J connectivity index is 2.05. The molecule has 4 nitrogen and oxygen atoms in total. The molecule has 1 aliphatic rings. The second-order valence-corrected chi connectivity index (χ2v) is 7.04. The molecular weight excluding hydrogens is 306 g/mol. The van der Waals surface area contributed by atoms with Crippen LogP contribution in [0, 0.1) is 0 Å². The lowest BCUT2D eigenvalue weighted by Gasteiger charge is -2.19. The van der Waals surface area contributed by atoms with Gasteiger partial charge in [0, 0.05) is 11.1 Å². The summed E-state index contributed by atoms with van der Waals surface area (Å²) in [5.74, 6) is 0.696. The number of aryl methyl sites for hydroxylation is 2. The average Bonchev–Trinajstić information content (AvgIpc) is 2.95. The molecule has 0 unspecified atom stereocenters. The Bertz CT molecular complexity index is 872. The minimum absolute atomic E-state index is 0.618. The topological polar surface area (TPSA) is 47.9 Å². The van der Waals surface area contributed by atoms with Gasteiger partial charge in [0.05, 0.1) is 12.1 Å². The fourth-order valence-corrected chi connectivity index (χ4v) is 4.72. The van der Waals surface area contributed by atoms with Gasteiger partial charge < -0.3 is 4.74 Å². The molecule has 0 radical (unpaired) electrons. The first kappa shape index (κ1) is 14.8. The van der Waals surface area contributed by atoms with E-state index in [4.69, 9.17) is 9.72 Å². The van der Waals surface area contributed by atoms with Crippen LogP contribution in [0.2, 0.25) is 0 Å². The molecule has 0 atom stereocenters. The molecule has 0 spiro atoms. The summed E-state index contributed by atoms with van der Waals surface area (Å²) < 4.78 is 6.74. The maximum absolute atomic E-state index is 5.70. The zero-order valence-corrected chi connectivity index (χ0v) is 14.5. The van der Waals surface area contributed by atoms with Crippen molar-refractivity contribution in [3.8, 4) is 5.88 Å². The molecule has 4 rings (SSSR count). The lowest BCUT2D eigenvalue weighted by Crippen LogP contribution is -2.09. The molecule has 0 amide bonds. The lowest BCUT2D eigenvalue weighted by atomic mass is 9.88. The molecule has 120 valence electrons. The van der Waals surface area contributed by atoms with Crippen LogP contribution < -0.4 is 4.74 Å². The maximum Gasteiger partial charge on any atom is 0.234 e. The van der Waals surface area contributed by atoms with E-state index < -0.39 is 0 Å². The molecule has 3 heterocycles. The molecule has 0 saturated heterocycles. The molecule has 5 heteroatoms. The highest BCUT2D eigenvalue weighted by Gasteiger charge is 2.23. The van der Waals surface area contributed by atoms with Gasteiger partial charge >= 0.3 is 0 Å². The highest BCUT2D eigenvalue weighted by molar-refractivity contribution is 7.25. The molecule has 0 bridgehead atoms. The zero-order valence-electron chi connectivity index (χ0n) is 13.7. The molecule has 0 N–H and O–H groups in total. The summed E-state index contributed by atoms with van der Waals surface area (Å²) in [6, 6.07) is 0. The van der Waals surface area contributed by atoms with Crippen molar-refractivity contribution >= 4 is 31.8 Å². The van der Waals surface area contributed by atoms with Crippen LogP contribution in [-0.2, 0) is 19.3 Å². The molecule has 0 fully saturated rings. The molecule has 3 aromatic rings. The summed E-state index contributed by atoms with van der Waals surface area (Å²) in [7, 11) is 0. The Morgan fingerprint density at radius 2 is 1.96 bits per heavy atom. The first-order chi connectivity index (χ1) is 11.3. The predicted octanol–water partition coefficient (Wildman–Crippen LogP) is 4.47. The van der Waals surface area contributed by atoms with Crippen molar-refractivity contribution in [3.05, 3.63) is 23.1 Å². The summed E-state index contributed by atoms with van der Waals surface area (Å²) in [6.45, 7) is 4.83. The second kappa shape index (κ2) is 6.04. The fourth-order valence-electron chi connectivity index (χ4n) is 3.60. The number of rotatable bonds is 4. The number of hydrogen-bond donors (Lipinski definition) is 0. The summed E-state index contributed by atoms with van der Waals surface area (Å²) >= 11 is 1.68. The van der Waals surface area contributed by atoms with Gasteiger partial charge in [-0.2, -0.15) is 0 Å². The van der Waals surface area contributed by atoms with Gasteiger partial charge in [0.25, 0.3) is 0 Å². The van der Waals surface area contributed by atoms with Gasteiger partial charge in [-0.1, -0.05) is 13.3 Å². The summed E-state index contributed by atoms with van der Waals surface area (Å²) in [5.41, 5.74) is 5.29. The van der Waals surface area contributed by atoms with Crippen LogP contribution in [-0.4, -0.2) is 21.6 Å². The van der Waals surface area contributed by atoms with E-state index in [1.165, 1.54) is 35.0 Å². The quantitative estimate of drug-likeness (QED) is 0.709. The van der Waals surface area contributed by atoms with Crippen molar-refractivity contribution in [2.45, 2.75) is 52.4 Å². The minimum Gasteiger partial charge on any atom is -0.477 e. The zero-order chi connectivity index (χ0) is 15.8. The minimum atomic E-state index is 0.618. The number of thiophene rings is 1. The van der Waals surface area contributed by atoms with E-state index in [2.05, 4.69) is 16.9 Å². The van der Waals surface area contributed by atoms with E-state index in [1.807, 2.05) is 6.92 Å². The third-order valence-electron chi connectivity index (χ3n) is 4.54. The third kappa shape index (κ3) is 2.38. The Labute approximate surface area is 139 Å². The van der Waals surface area contributed by atoms with Gasteiger partial charge in [0.1, 0.15) is 15.9 Å². The SMILES string of the molecule is CCCc1nc2sc3c(OCC)ncnc3c2c2c1CCCC2. The van der Waals surface area contributed by atoms with Crippen molar-refractivity contribution in [2.24, 2.45) is 0 Å². The number of nitrogens with zero attached hydrogens (tertiary/aromatic N) is 3. The smallest absolute Gasteiger partial charge is 0.234 e. The molecule has 0 aliphatic heterocycles. The van der Waals surface area contributed by atoms with Gasteiger partial charge in [-0.15, -0.1) is 11.3 Å². The maximum atomic E-state index is 5.70. The van der Waals surface area contributed by atoms with Gasteiger partial charge in [-0.25, -0.2) is 15.0 Å². The third-order valence-corrected chi connectivity index (χ3v) is 5.60. The molecular formula is C18H21N3OS. The number of ether oxygens (including phenoxy) is 1. The Morgan fingerprint density at radius 1 is 1.13 bits per heavy atom. The molecule has 1 aliphatic carbocycles. The number of fused-ring (bicyclic) bond motifs is 5. The van der Waals surface area contributed by atoms with Crippen molar-refractivity contribution in [1.82, 2.24) is 15.0 Å². The Hall–Kier alpha value is -1.75. The van der Waals surface area contributed by atoms with Crippen molar-refractivity contribution in [2.75, 3.05) is 6.61 Å². The van der Waals surface area contributed by atoms with E-state index in [0.717, 1.165) is 40.7 Å². The Morgan fingerprint density at radius 3 is 2.74 bits per heavy atom. The highest BCUT2D eigenvalue weighted by atomic mass is 32.1. The summed E-state index contributed by atoms with van der Waals surface area (Å²) in [4.78, 5) is 15.0. The van der Waals surface area contributed by atoms with Crippen molar-refractivity contribution < 1.29 is 4.74 Å². The first-order valence-electron chi connectivity index (χ1n) is 8.54. The monoisotopic (exact) mass is 327 g/mol. The fraction of sp³-hybridized carbons (Fsp3) is 0.500. The Kier molecular flexibility index (Phi) is 3.89. The number of hydrogen-bond acceptors (Lipinski definition) is 5. The lowest BCUT2D eigenvalue weighted by molar-refractivity contribution is 0.331. The molecule has 0 aromatic carbocycles. The second-order valence-electron chi connectivity index (χ2n) is 6.04. The van der Waals surface area contributed by atoms with Crippen molar-refractivity contribution in [1.29, 1.82) is 0 Å². The van der Waals surface area contributed by atoms with E-state index in [9.17, 15) is 0 Å². The first-order valence-corrected chi connectivity index (χ1v) is 9.35. The molecule has 3 aromatic heterocycles. The van der Waals surface area contributed by atoms with E-state index >= 15 is 0 Å². The van der Waals surface area contributed by atoms with Crippen molar-refractivity contribution in [3.63, 3.8) is 0 Å². The standard InChI is InChI=1S/C18H21N3OS/c1-3-7-13-11-8-5-6-9-12(11)14-15-16(23-18(14)21-13)17(22-4-2)20-10-19-15/h10H,3-9H2,1-2H3. The van der Waals surface area contributed by atoms with E-state index in [-0.39, 0.29) is 0 Å². The van der Waals surface area contributed by atoms with Gasteiger partial charge in [-0.3, -0.25) is 0 Å². The van der Waals surface area contributed by atoms with Crippen LogP contribution in [0.3, 0.4) is 0 Å². The largest absolute Gasteiger partial charge is 0.477 e. The van der Waals surface area contributed by atoms with Gasteiger partial charge in [0.2, 0.25) is 5.88 Å². The van der Waals surface area contributed by atoms with E-state index in [1.54, 1.807) is 17.7 Å². The van der Waals surface area contributed by atoms with Crippen LogP contribution in [0.4, 0.5) is 0 Å². The van der Waals surface area contributed by atoms with Crippen LogP contribution in [0.5, 0.6) is 5.88 Å². The van der Waals surface area contributed by atoms with Crippen LogP contribution in [0.25, 0.3) is 20.4 Å². The van der Waals surface area contributed by atoms with Crippen LogP contribution >= 0.6 is 11.3 Å². The molecule has 0 saturated carbocycles. The number of aromatic nitrogens is 3.